The van der Waals surface area contributed by atoms with Gasteiger partial charge in [0, 0.05) is 22.6 Å². The number of carbonyl (C=O) groups is 1. The van der Waals surface area contributed by atoms with E-state index in [0.29, 0.717) is 45.4 Å². The summed E-state index contributed by atoms with van der Waals surface area (Å²) in [4.78, 5) is 20.8. The summed E-state index contributed by atoms with van der Waals surface area (Å²) in [5.74, 6) is 0.625. The fourth-order valence-electron chi connectivity index (χ4n) is 3.02. The third-order valence-electron chi connectivity index (χ3n) is 4.62. The molecule has 1 amide bonds. The monoisotopic (exact) mass is 591 g/mol. The third-order valence-corrected chi connectivity index (χ3v) is 6.79. The SMILES string of the molecule is Cc1cc(C)nc(NS(=O)(=O)c2ccc(NC(=S)NC(=O)c3ccc(OCC(C)C)c(Br)c3)cc2)n1. The minimum atomic E-state index is -3.88. The van der Waals surface area contributed by atoms with E-state index < -0.39 is 15.9 Å². The second kappa shape index (κ2) is 11.8. The molecule has 0 aliphatic heterocycles. The number of ether oxygens (including phenoxy) is 1. The average Bonchev–Trinajstić information content (AvgIpc) is 2.77. The summed E-state index contributed by atoms with van der Waals surface area (Å²) in [5, 5.41) is 5.53. The molecule has 36 heavy (non-hydrogen) atoms. The van der Waals surface area contributed by atoms with Crippen LogP contribution in [-0.2, 0) is 10.0 Å². The Balaban J connectivity index is 1.60. The number of rotatable bonds is 8. The van der Waals surface area contributed by atoms with Crippen LogP contribution in [-0.4, -0.2) is 36.0 Å². The molecule has 12 heteroatoms. The van der Waals surface area contributed by atoms with Crippen LogP contribution in [0, 0.1) is 19.8 Å². The predicted molar refractivity (Wildman–Crippen MR) is 147 cm³/mol. The largest absolute Gasteiger partial charge is 0.492 e. The zero-order valence-electron chi connectivity index (χ0n) is 20.1. The Labute approximate surface area is 224 Å². The van der Waals surface area contributed by atoms with Crippen LogP contribution in [0.4, 0.5) is 11.6 Å². The molecule has 0 aliphatic rings. The van der Waals surface area contributed by atoms with Gasteiger partial charge >= 0.3 is 0 Å². The van der Waals surface area contributed by atoms with Crippen molar-refractivity contribution in [3.63, 3.8) is 0 Å². The number of sulfonamides is 1. The summed E-state index contributed by atoms with van der Waals surface area (Å²) in [6, 6.07) is 12.6. The van der Waals surface area contributed by atoms with Gasteiger partial charge < -0.3 is 10.1 Å². The van der Waals surface area contributed by atoms with Gasteiger partial charge in [-0.25, -0.2) is 23.1 Å². The van der Waals surface area contributed by atoms with Crippen LogP contribution in [0.15, 0.2) is 57.9 Å². The van der Waals surface area contributed by atoms with Gasteiger partial charge in [-0.1, -0.05) is 13.8 Å². The molecule has 190 valence electrons. The summed E-state index contributed by atoms with van der Waals surface area (Å²) in [5.41, 5.74) is 2.20. The fourth-order valence-corrected chi connectivity index (χ4v) is 4.67. The van der Waals surface area contributed by atoms with Gasteiger partial charge in [-0.15, -0.1) is 0 Å². The molecule has 3 aromatic rings. The summed E-state index contributed by atoms with van der Waals surface area (Å²) in [7, 11) is -3.88. The quantitative estimate of drug-likeness (QED) is 0.319. The Hall–Kier alpha value is -3.09. The fraction of sp³-hybridized carbons (Fsp3) is 0.250. The summed E-state index contributed by atoms with van der Waals surface area (Å²) >= 11 is 8.65. The zero-order chi connectivity index (χ0) is 26.5. The molecule has 0 saturated carbocycles. The summed E-state index contributed by atoms with van der Waals surface area (Å²) in [6.07, 6.45) is 0. The lowest BCUT2D eigenvalue weighted by Crippen LogP contribution is -2.34. The molecule has 0 fully saturated rings. The molecule has 0 unspecified atom stereocenters. The first kappa shape index (κ1) is 27.5. The molecule has 0 radical (unpaired) electrons. The molecule has 0 bridgehead atoms. The Kier molecular flexibility index (Phi) is 8.98. The van der Waals surface area contributed by atoms with Crippen molar-refractivity contribution in [1.82, 2.24) is 15.3 Å². The number of hydrogen-bond donors (Lipinski definition) is 3. The third kappa shape index (κ3) is 7.70. The standard InChI is InChI=1S/C24H26BrN5O4S2/c1-14(2)13-34-21-10-5-17(12-20(21)25)22(31)29-24(35)28-18-6-8-19(9-7-18)36(32,33)30-23-26-15(3)11-16(4)27-23/h5-12,14H,13H2,1-4H3,(H,26,27,30)(H2,28,29,31,35). The molecule has 2 aromatic carbocycles. The molecular formula is C24H26BrN5O4S2. The summed E-state index contributed by atoms with van der Waals surface area (Å²) < 4.78 is 34.1. The Morgan fingerprint density at radius 3 is 2.28 bits per heavy atom. The highest BCUT2D eigenvalue weighted by Gasteiger charge is 2.17. The van der Waals surface area contributed by atoms with Crippen LogP contribution < -0.4 is 20.1 Å². The van der Waals surface area contributed by atoms with Crippen molar-refractivity contribution in [3.05, 3.63) is 70.0 Å². The molecule has 3 rings (SSSR count). The number of aryl methyl sites for hydroxylation is 2. The lowest BCUT2D eigenvalue weighted by molar-refractivity contribution is 0.0977. The number of hydrogen-bond acceptors (Lipinski definition) is 7. The first-order valence-corrected chi connectivity index (χ1v) is 13.6. The van der Waals surface area contributed by atoms with Crippen molar-refractivity contribution >= 4 is 60.8 Å². The highest BCUT2D eigenvalue weighted by molar-refractivity contribution is 9.10. The molecule has 1 heterocycles. The van der Waals surface area contributed by atoms with Crippen molar-refractivity contribution in [2.24, 2.45) is 5.92 Å². The van der Waals surface area contributed by atoms with E-state index in [4.69, 9.17) is 17.0 Å². The minimum absolute atomic E-state index is 0.00439. The first-order chi connectivity index (χ1) is 16.9. The highest BCUT2D eigenvalue weighted by Crippen LogP contribution is 2.26. The molecule has 1 aromatic heterocycles. The smallest absolute Gasteiger partial charge is 0.264 e. The van der Waals surface area contributed by atoms with E-state index in [1.54, 1.807) is 38.1 Å². The molecule has 0 aliphatic carbocycles. The molecular weight excluding hydrogens is 566 g/mol. The van der Waals surface area contributed by atoms with Crippen LogP contribution in [0.3, 0.4) is 0 Å². The zero-order valence-corrected chi connectivity index (χ0v) is 23.3. The van der Waals surface area contributed by atoms with Gasteiger partial charge in [0.2, 0.25) is 5.95 Å². The van der Waals surface area contributed by atoms with Gasteiger partial charge in [-0.2, -0.15) is 0 Å². The maximum atomic E-state index is 12.7. The van der Waals surface area contributed by atoms with Crippen LogP contribution in [0.1, 0.15) is 35.6 Å². The number of carbonyl (C=O) groups excluding carboxylic acids is 1. The predicted octanol–water partition coefficient (Wildman–Crippen LogP) is 4.82. The molecule has 0 saturated heterocycles. The molecule has 0 spiro atoms. The average molecular weight is 593 g/mol. The lowest BCUT2D eigenvalue weighted by atomic mass is 10.2. The van der Waals surface area contributed by atoms with Gasteiger partial charge in [0.05, 0.1) is 16.0 Å². The van der Waals surface area contributed by atoms with Crippen molar-refractivity contribution in [3.8, 4) is 5.75 Å². The van der Waals surface area contributed by atoms with Gasteiger partial charge in [-0.05, 0) is 96.4 Å². The Morgan fingerprint density at radius 2 is 1.69 bits per heavy atom. The lowest BCUT2D eigenvalue weighted by Gasteiger charge is -2.13. The minimum Gasteiger partial charge on any atom is -0.492 e. The van der Waals surface area contributed by atoms with Gasteiger partial charge in [-0.3, -0.25) is 10.1 Å². The topological polar surface area (TPSA) is 122 Å². The van der Waals surface area contributed by atoms with E-state index in [1.165, 1.54) is 24.3 Å². The van der Waals surface area contributed by atoms with Gasteiger partial charge in [0.1, 0.15) is 5.75 Å². The Bertz CT molecular complexity index is 1360. The second-order valence-corrected chi connectivity index (χ2v) is 11.3. The van der Waals surface area contributed by atoms with Crippen molar-refractivity contribution in [2.75, 3.05) is 16.6 Å². The number of aromatic nitrogens is 2. The molecule has 9 nitrogen and oxygen atoms in total. The number of amides is 1. The van der Waals surface area contributed by atoms with E-state index in [9.17, 15) is 13.2 Å². The number of halogens is 1. The van der Waals surface area contributed by atoms with Crippen LogP contribution in [0.5, 0.6) is 5.75 Å². The van der Waals surface area contributed by atoms with Crippen molar-refractivity contribution in [1.29, 1.82) is 0 Å². The van der Waals surface area contributed by atoms with E-state index in [0.717, 1.165) is 0 Å². The number of thiocarbonyl (C=S) groups is 1. The number of anilines is 2. The van der Waals surface area contributed by atoms with E-state index in [2.05, 4.69) is 41.3 Å². The van der Waals surface area contributed by atoms with Crippen LogP contribution in [0.25, 0.3) is 0 Å². The first-order valence-electron chi connectivity index (χ1n) is 10.9. The van der Waals surface area contributed by atoms with E-state index in [1.807, 2.05) is 13.8 Å². The second-order valence-electron chi connectivity index (χ2n) is 8.36. The van der Waals surface area contributed by atoms with E-state index in [-0.39, 0.29) is 16.0 Å². The van der Waals surface area contributed by atoms with Crippen LogP contribution in [0.2, 0.25) is 0 Å². The van der Waals surface area contributed by atoms with Crippen LogP contribution >= 0.6 is 28.1 Å². The van der Waals surface area contributed by atoms with Crippen molar-refractivity contribution in [2.45, 2.75) is 32.6 Å². The molecule has 3 N–H and O–H groups in total. The van der Waals surface area contributed by atoms with Gasteiger partial charge in [0.25, 0.3) is 15.9 Å². The van der Waals surface area contributed by atoms with Crippen molar-refractivity contribution < 1.29 is 17.9 Å². The van der Waals surface area contributed by atoms with E-state index >= 15 is 0 Å². The summed E-state index contributed by atoms with van der Waals surface area (Å²) in [6.45, 7) is 8.17. The number of nitrogens with zero attached hydrogens (tertiary/aromatic N) is 2. The number of benzene rings is 2. The Morgan fingerprint density at radius 1 is 1.06 bits per heavy atom. The maximum Gasteiger partial charge on any atom is 0.264 e. The maximum absolute atomic E-state index is 12.7. The van der Waals surface area contributed by atoms with Gasteiger partial charge in [0.15, 0.2) is 5.11 Å². The highest BCUT2D eigenvalue weighted by atomic mass is 79.9. The molecule has 0 atom stereocenters. The number of nitrogens with one attached hydrogen (secondary N) is 3. The normalized spacial score (nSPS) is 11.2.